The molecule has 14 heavy (non-hydrogen) atoms. The fourth-order valence-electron chi connectivity index (χ4n) is 0.955. The van der Waals surface area contributed by atoms with Crippen LogP contribution in [-0.4, -0.2) is 22.0 Å². The molecule has 1 heterocycles. The molecule has 0 radical (unpaired) electrons. The van der Waals surface area contributed by atoms with Gasteiger partial charge < -0.3 is 0 Å². The van der Waals surface area contributed by atoms with Crippen LogP contribution in [0.2, 0.25) is 0 Å². The van der Waals surface area contributed by atoms with E-state index in [0.29, 0.717) is 6.42 Å². The van der Waals surface area contributed by atoms with Crippen molar-refractivity contribution in [3.8, 4) is 0 Å². The van der Waals surface area contributed by atoms with Crippen LogP contribution < -0.4 is 0 Å². The standard InChI is InChI=1S/C10H14N2OS/c1-7(2)9(13)6-8-4-5-11-10(12-8)14-3/h4-5,7H,6H2,1-3H3. The fourth-order valence-corrected chi connectivity index (χ4v) is 1.33. The van der Waals surface area contributed by atoms with Gasteiger partial charge in [-0.3, -0.25) is 4.79 Å². The van der Waals surface area contributed by atoms with Crippen molar-refractivity contribution >= 4 is 17.5 Å². The predicted molar refractivity (Wildman–Crippen MR) is 57.4 cm³/mol. The zero-order valence-electron chi connectivity index (χ0n) is 8.65. The maximum atomic E-state index is 11.4. The van der Waals surface area contributed by atoms with Crippen LogP contribution in [0.4, 0.5) is 0 Å². The number of nitrogens with zero attached hydrogens (tertiary/aromatic N) is 2. The van der Waals surface area contributed by atoms with Gasteiger partial charge in [0, 0.05) is 18.5 Å². The number of hydrogen-bond acceptors (Lipinski definition) is 4. The Morgan fingerprint density at radius 1 is 1.57 bits per heavy atom. The molecule has 76 valence electrons. The molecule has 0 atom stereocenters. The number of hydrogen-bond donors (Lipinski definition) is 0. The molecule has 0 aliphatic heterocycles. The molecule has 1 rings (SSSR count). The predicted octanol–water partition coefficient (Wildman–Crippen LogP) is 1.97. The van der Waals surface area contributed by atoms with E-state index in [-0.39, 0.29) is 11.7 Å². The first-order valence-electron chi connectivity index (χ1n) is 4.52. The minimum Gasteiger partial charge on any atom is -0.299 e. The van der Waals surface area contributed by atoms with Gasteiger partial charge in [-0.1, -0.05) is 25.6 Å². The van der Waals surface area contributed by atoms with Crippen molar-refractivity contribution in [3.05, 3.63) is 18.0 Å². The van der Waals surface area contributed by atoms with Crippen LogP contribution in [0.5, 0.6) is 0 Å². The van der Waals surface area contributed by atoms with E-state index in [1.165, 1.54) is 11.8 Å². The summed E-state index contributed by atoms with van der Waals surface area (Å²) in [5.74, 6) is 0.290. The summed E-state index contributed by atoms with van der Waals surface area (Å²) in [6.07, 6.45) is 4.03. The average molecular weight is 210 g/mol. The molecule has 0 N–H and O–H groups in total. The lowest BCUT2D eigenvalue weighted by molar-refractivity contribution is -0.121. The van der Waals surface area contributed by atoms with Crippen molar-refractivity contribution < 1.29 is 4.79 Å². The van der Waals surface area contributed by atoms with Crippen molar-refractivity contribution in [1.29, 1.82) is 0 Å². The molecule has 1 aromatic rings. The van der Waals surface area contributed by atoms with E-state index in [4.69, 9.17) is 0 Å². The number of aromatic nitrogens is 2. The fraction of sp³-hybridized carbons (Fsp3) is 0.500. The summed E-state index contributed by atoms with van der Waals surface area (Å²) in [7, 11) is 0. The lowest BCUT2D eigenvalue weighted by Crippen LogP contribution is -2.11. The van der Waals surface area contributed by atoms with Crippen LogP contribution in [0.3, 0.4) is 0 Å². The van der Waals surface area contributed by atoms with E-state index >= 15 is 0 Å². The normalized spacial score (nSPS) is 10.6. The van der Waals surface area contributed by atoms with Crippen LogP contribution in [0, 0.1) is 5.92 Å². The Hall–Kier alpha value is -0.900. The second kappa shape index (κ2) is 5.10. The summed E-state index contributed by atoms with van der Waals surface area (Å²) in [6, 6.07) is 1.79. The monoisotopic (exact) mass is 210 g/mol. The molecule has 0 saturated carbocycles. The van der Waals surface area contributed by atoms with Crippen LogP contribution in [-0.2, 0) is 11.2 Å². The first kappa shape index (κ1) is 11.2. The third-order valence-electron chi connectivity index (χ3n) is 1.87. The van der Waals surface area contributed by atoms with Crippen LogP contribution in [0.25, 0.3) is 0 Å². The maximum absolute atomic E-state index is 11.4. The smallest absolute Gasteiger partial charge is 0.187 e. The number of ketones is 1. The Morgan fingerprint density at radius 2 is 2.29 bits per heavy atom. The van der Waals surface area contributed by atoms with Gasteiger partial charge in [-0.05, 0) is 12.3 Å². The van der Waals surface area contributed by atoms with E-state index < -0.39 is 0 Å². The van der Waals surface area contributed by atoms with Crippen molar-refractivity contribution in [2.45, 2.75) is 25.4 Å². The Kier molecular flexibility index (Phi) is 4.07. The number of thioether (sulfide) groups is 1. The molecule has 1 aromatic heterocycles. The Balaban J connectivity index is 2.72. The molecule has 0 unspecified atom stereocenters. The van der Waals surface area contributed by atoms with Gasteiger partial charge in [0.2, 0.25) is 0 Å². The summed E-state index contributed by atoms with van der Waals surface area (Å²) in [5.41, 5.74) is 0.808. The zero-order chi connectivity index (χ0) is 10.6. The maximum Gasteiger partial charge on any atom is 0.187 e. The number of carbonyl (C=O) groups excluding carboxylic acids is 1. The molecule has 4 heteroatoms. The largest absolute Gasteiger partial charge is 0.299 e. The van der Waals surface area contributed by atoms with Crippen LogP contribution in [0.15, 0.2) is 17.4 Å². The van der Waals surface area contributed by atoms with Gasteiger partial charge in [-0.2, -0.15) is 0 Å². The minimum atomic E-state index is 0.0719. The highest BCUT2D eigenvalue weighted by Crippen LogP contribution is 2.09. The van der Waals surface area contributed by atoms with Crippen molar-refractivity contribution in [3.63, 3.8) is 0 Å². The summed E-state index contributed by atoms with van der Waals surface area (Å²) in [6.45, 7) is 3.80. The van der Waals surface area contributed by atoms with Crippen molar-refractivity contribution in [2.75, 3.05) is 6.26 Å². The SMILES string of the molecule is CSc1nccc(CC(=O)C(C)C)n1. The lowest BCUT2D eigenvalue weighted by Gasteiger charge is -2.03. The van der Waals surface area contributed by atoms with Gasteiger partial charge in [0.1, 0.15) is 5.78 Å². The Labute approximate surface area is 88.3 Å². The molecule has 0 fully saturated rings. The van der Waals surface area contributed by atoms with Gasteiger partial charge in [-0.25, -0.2) is 9.97 Å². The van der Waals surface area contributed by atoms with Crippen molar-refractivity contribution in [2.24, 2.45) is 5.92 Å². The number of Topliss-reactive ketones (excluding diaryl/α,β-unsaturated/α-hetero) is 1. The van der Waals surface area contributed by atoms with Crippen molar-refractivity contribution in [1.82, 2.24) is 9.97 Å². The first-order valence-corrected chi connectivity index (χ1v) is 5.74. The van der Waals surface area contributed by atoms with Crippen LogP contribution in [0.1, 0.15) is 19.5 Å². The Bertz CT molecular complexity index is 326. The topological polar surface area (TPSA) is 42.9 Å². The minimum absolute atomic E-state index is 0.0719. The number of carbonyl (C=O) groups is 1. The molecular weight excluding hydrogens is 196 g/mol. The van der Waals surface area contributed by atoms with Gasteiger partial charge in [0.25, 0.3) is 0 Å². The lowest BCUT2D eigenvalue weighted by atomic mass is 10.0. The molecule has 0 bridgehead atoms. The number of rotatable bonds is 4. The molecule has 0 amide bonds. The molecule has 3 nitrogen and oxygen atoms in total. The third-order valence-corrected chi connectivity index (χ3v) is 2.43. The van der Waals surface area contributed by atoms with E-state index in [1.807, 2.05) is 20.1 Å². The highest BCUT2D eigenvalue weighted by Gasteiger charge is 2.09. The van der Waals surface area contributed by atoms with Crippen LogP contribution >= 0.6 is 11.8 Å². The van der Waals surface area contributed by atoms with E-state index in [1.54, 1.807) is 12.3 Å². The van der Waals surface area contributed by atoms with E-state index in [0.717, 1.165) is 10.9 Å². The molecule has 0 aliphatic carbocycles. The Morgan fingerprint density at radius 3 is 2.86 bits per heavy atom. The summed E-state index contributed by atoms with van der Waals surface area (Å²) < 4.78 is 0. The highest BCUT2D eigenvalue weighted by atomic mass is 32.2. The van der Waals surface area contributed by atoms with E-state index in [9.17, 15) is 4.79 Å². The summed E-state index contributed by atoms with van der Waals surface area (Å²) >= 11 is 1.48. The van der Waals surface area contributed by atoms with Gasteiger partial charge >= 0.3 is 0 Å². The molecule has 0 saturated heterocycles. The quantitative estimate of drug-likeness (QED) is 0.563. The zero-order valence-corrected chi connectivity index (χ0v) is 9.47. The second-order valence-corrected chi connectivity index (χ2v) is 4.11. The van der Waals surface area contributed by atoms with Gasteiger partial charge in [0.15, 0.2) is 5.16 Å². The highest BCUT2D eigenvalue weighted by molar-refractivity contribution is 7.98. The van der Waals surface area contributed by atoms with E-state index in [2.05, 4.69) is 9.97 Å². The molecular formula is C10H14N2OS. The first-order chi connectivity index (χ1) is 6.63. The molecule has 0 spiro atoms. The molecule has 0 aromatic carbocycles. The third kappa shape index (κ3) is 3.10. The van der Waals surface area contributed by atoms with Gasteiger partial charge in [-0.15, -0.1) is 0 Å². The summed E-state index contributed by atoms with van der Waals surface area (Å²) in [5, 5.41) is 0.721. The molecule has 0 aliphatic rings. The second-order valence-electron chi connectivity index (χ2n) is 3.33. The van der Waals surface area contributed by atoms with Gasteiger partial charge in [0.05, 0.1) is 5.69 Å². The summed E-state index contributed by atoms with van der Waals surface area (Å²) in [4.78, 5) is 19.7. The average Bonchev–Trinajstić information content (AvgIpc) is 2.18.